The third-order valence-corrected chi connectivity index (χ3v) is 13.5. The van der Waals surface area contributed by atoms with Crippen molar-refractivity contribution in [3.8, 4) is 22.9 Å². The van der Waals surface area contributed by atoms with Gasteiger partial charge in [-0.3, -0.25) is 24.6 Å². The number of phenols is 1. The molecule has 3 unspecified atom stereocenters. The van der Waals surface area contributed by atoms with Crippen LogP contribution in [-0.4, -0.2) is 137 Å². The van der Waals surface area contributed by atoms with Crippen molar-refractivity contribution < 1.29 is 43.7 Å². The molecule has 4 aromatic rings. The van der Waals surface area contributed by atoms with Gasteiger partial charge < -0.3 is 56.5 Å². The summed E-state index contributed by atoms with van der Waals surface area (Å²) in [6, 6.07) is 18.2. The highest BCUT2D eigenvalue weighted by Crippen LogP contribution is 2.42. The maximum atomic E-state index is 13.4. The lowest BCUT2D eigenvalue weighted by Crippen LogP contribution is -2.55. The smallest absolute Gasteiger partial charge is 0.413 e. The van der Waals surface area contributed by atoms with Gasteiger partial charge >= 0.3 is 18.1 Å². The summed E-state index contributed by atoms with van der Waals surface area (Å²) in [4.78, 5) is 74.6. The van der Waals surface area contributed by atoms with E-state index in [9.17, 15) is 34.2 Å². The molecule has 5 amide bonds. The van der Waals surface area contributed by atoms with Gasteiger partial charge in [0.05, 0.1) is 11.4 Å². The van der Waals surface area contributed by atoms with Crippen molar-refractivity contribution in [2.75, 3.05) is 72.9 Å². The fourth-order valence-electron chi connectivity index (χ4n) is 9.52. The van der Waals surface area contributed by atoms with E-state index in [1.807, 2.05) is 18.2 Å². The molecule has 1 saturated carbocycles. The van der Waals surface area contributed by atoms with Crippen molar-refractivity contribution in [2.45, 2.75) is 82.6 Å². The Morgan fingerprint density at radius 3 is 2.45 bits per heavy atom. The number of carbonyl (C=O) groups is 5. The summed E-state index contributed by atoms with van der Waals surface area (Å²) < 4.78 is 11.8. The van der Waals surface area contributed by atoms with E-state index >= 15 is 0 Å². The number of anilines is 4. The Hall–Kier alpha value is -7.26. The Bertz CT molecular complexity index is 2480. The number of fused-ring (bicyclic) bond motifs is 2. The van der Waals surface area contributed by atoms with Crippen LogP contribution in [0.3, 0.4) is 0 Å². The molecule has 0 radical (unpaired) electrons. The zero-order chi connectivity index (χ0) is 48.5. The third-order valence-electron chi connectivity index (χ3n) is 13.5. The second kappa shape index (κ2) is 21.8. The van der Waals surface area contributed by atoms with Gasteiger partial charge in [-0.1, -0.05) is 30.7 Å². The lowest BCUT2D eigenvalue weighted by Gasteiger charge is -2.43. The number of aromatic hydroxyl groups is 1. The number of nitrogens with zero attached hydrogens (tertiary/aromatic N) is 6. The summed E-state index contributed by atoms with van der Waals surface area (Å²) in [6.07, 6.45) is 4.26. The van der Waals surface area contributed by atoms with E-state index in [-0.39, 0.29) is 62.5 Å². The minimum atomic E-state index is -1.58. The number of piperazine rings is 2. The molecule has 9 N–H and O–H groups in total. The Balaban J connectivity index is 0.901. The molecular weight excluding hydrogens is 889 g/mol. The summed E-state index contributed by atoms with van der Waals surface area (Å²) in [6.45, 7) is 7.79. The van der Waals surface area contributed by atoms with Crippen molar-refractivity contribution in [2.24, 2.45) is 11.1 Å². The molecule has 1 aliphatic carbocycles. The van der Waals surface area contributed by atoms with E-state index in [4.69, 9.17) is 15.2 Å². The maximum Gasteiger partial charge on any atom is 0.413 e. The summed E-state index contributed by atoms with van der Waals surface area (Å²) >= 11 is 0. The van der Waals surface area contributed by atoms with Gasteiger partial charge in [-0.15, -0.1) is 10.2 Å². The highest BCUT2D eigenvalue weighted by atomic mass is 16.5. The van der Waals surface area contributed by atoms with Crippen LogP contribution in [0.1, 0.15) is 57.4 Å². The standard InChI is InChI=1S/C48H60N12O9/c1-30-26-50-20-21-58(30)22-23-68-41-24-33(15-19-51-41)60-34-13-14-35(60)28-59(27-34)39-25-38(36-6-2-3-8-40(36)61)56-57-42(39)55-47(67)69-29-31-9-11-32(12-10-31)53-43(62)37(7-4-18-52-46(49)66)54-44(63)48(45(64)65)16-5-17-48/h2-3,6,8-12,15,19,24-25,30,34-35,37,50,61H,4-5,7,13-14,16-18,20-23,26-29H2,1H3,(H,53,62)(H,54,63)(H,64,65)(H3,49,52,66)(H,55,57,67)/t30?,34?,35?,37-/m0/s1. The van der Waals surface area contributed by atoms with Crippen LogP contribution in [0.15, 0.2) is 72.9 Å². The zero-order valence-electron chi connectivity index (χ0n) is 38.6. The van der Waals surface area contributed by atoms with Gasteiger partial charge in [0.2, 0.25) is 17.7 Å². The summed E-state index contributed by atoms with van der Waals surface area (Å²) in [5.74, 6) is -1.71. The maximum absolute atomic E-state index is 13.4. The topological polar surface area (TPSA) is 279 Å². The SMILES string of the molecule is CC1CNCCN1CCOc1cc(N2C3CCC2CN(c2cc(-c4ccccc4O)nnc2NC(=O)OCc2ccc(NC(=O)[C@H](CCCNC(N)=O)NC(=O)C4(C(=O)O)CCC4)cc2)C3)ccn1. The molecule has 69 heavy (non-hydrogen) atoms. The summed E-state index contributed by atoms with van der Waals surface area (Å²) in [5.41, 5.74) is 7.16. The van der Waals surface area contributed by atoms with Crippen molar-refractivity contribution in [3.63, 3.8) is 0 Å². The molecule has 8 rings (SSSR count). The first kappa shape index (κ1) is 48.2. The number of carboxylic acids is 1. The van der Waals surface area contributed by atoms with Gasteiger partial charge in [0.15, 0.2) is 5.82 Å². The van der Waals surface area contributed by atoms with Gasteiger partial charge in [0.25, 0.3) is 0 Å². The van der Waals surface area contributed by atoms with Gasteiger partial charge in [-0.25, -0.2) is 14.6 Å². The second-order valence-electron chi connectivity index (χ2n) is 18.1. The number of hydrogen-bond acceptors (Lipinski definition) is 15. The average molecular weight is 949 g/mol. The van der Waals surface area contributed by atoms with Crippen molar-refractivity contribution >= 4 is 52.8 Å². The number of pyridine rings is 1. The Labute approximate surface area is 399 Å². The minimum absolute atomic E-state index is 0.0466. The van der Waals surface area contributed by atoms with E-state index in [2.05, 4.69) is 63.4 Å². The van der Waals surface area contributed by atoms with E-state index in [0.29, 0.717) is 66.2 Å². The second-order valence-corrected chi connectivity index (χ2v) is 18.1. The lowest BCUT2D eigenvalue weighted by molar-refractivity contribution is -0.162. The number of carbonyl (C=O) groups excluding carboxylic acids is 4. The Kier molecular flexibility index (Phi) is 15.2. The average Bonchev–Trinajstić information content (AvgIpc) is 3.58. The van der Waals surface area contributed by atoms with Crippen molar-refractivity contribution in [1.82, 2.24) is 36.0 Å². The van der Waals surface area contributed by atoms with Crippen LogP contribution >= 0.6 is 0 Å². The number of primary amides is 1. The molecule has 2 aromatic heterocycles. The molecule has 5 heterocycles. The van der Waals surface area contributed by atoms with Crippen LogP contribution in [0.4, 0.5) is 32.5 Å². The fourth-order valence-corrected chi connectivity index (χ4v) is 9.52. The number of aromatic nitrogens is 3. The van der Waals surface area contributed by atoms with Crippen LogP contribution in [0.5, 0.6) is 11.6 Å². The quantitative estimate of drug-likeness (QED) is 0.0492. The number of ether oxygens (including phenoxy) is 2. The molecular formula is C48H60N12O9. The molecule has 366 valence electrons. The predicted molar refractivity (Wildman–Crippen MR) is 256 cm³/mol. The van der Waals surface area contributed by atoms with Crippen LogP contribution in [0.2, 0.25) is 0 Å². The zero-order valence-corrected chi connectivity index (χ0v) is 38.6. The van der Waals surface area contributed by atoms with Gasteiger partial charge in [0, 0.05) is 93.1 Å². The Morgan fingerprint density at radius 1 is 0.986 bits per heavy atom. The van der Waals surface area contributed by atoms with Crippen molar-refractivity contribution in [3.05, 3.63) is 78.5 Å². The number of nitrogens with one attached hydrogen (secondary N) is 5. The third kappa shape index (κ3) is 11.5. The number of para-hydroxylation sites is 1. The molecule has 4 fully saturated rings. The number of hydrogen-bond donors (Lipinski definition) is 8. The molecule has 2 aromatic carbocycles. The molecule has 3 aliphatic heterocycles. The molecule has 4 aliphatic rings. The molecule has 0 spiro atoms. The molecule has 3 saturated heterocycles. The first-order valence-electron chi connectivity index (χ1n) is 23.5. The number of carboxylic acid groups (broad SMARTS) is 1. The molecule has 4 atom stereocenters. The number of benzene rings is 2. The number of rotatable bonds is 19. The largest absolute Gasteiger partial charge is 0.507 e. The van der Waals surface area contributed by atoms with Crippen LogP contribution in [0.25, 0.3) is 11.3 Å². The van der Waals surface area contributed by atoms with Crippen molar-refractivity contribution in [1.29, 1.82) is 0 Å². The highest BCUT2D eigenvalue weighted by molar-refractivity contribution is 6.05. The minimum Gasteiger partial charge on any atom is -0.507 e. The summed E-state index contributed by atoms with van der Waals surface area (Å²) in [5, 5.41) is 43.3. The monoisotopic (exact) mass is 948 g/mol. The van der Waals surface area contributed by atoms with Gasteiger partial charge in [-0.05, 0) is 87.4 Å². The Morgan fingerprint density at radius 2 is 1.75 bits per heavy atom. The van der Waals surface area contributed by atoms with E-state index in [1.54, 1.807) is 54.7 Å². The van der Waals surface area contributed by atoms with E-state index in [0.717, 1.165) is 44.7 Å². The number of aliphatic carboxylic acids is 1. The van der Waals surface area contributed by atoms with E-state index in [1.165, 1.54) is 0 Å². The predicted octanol–water partition coefficient (Wildman–Crippen LogP) is 3.65. The number of urea groups is 1. The van der Waals surface area contributed by atoms with Crippen LogP contribution in [-0.2, 0) is 25.7 Å². The summed E-state index contributed by atoms with van der Waals surface area (Å²) in [7, 11) is 0. The van der Waals surface area contributed by atoms with E-state index < -0.39 is 41.4 Å². The number of nitrogens with two attached hydrogens (primary N) is 1. The van der Waals surface area contributed by atoms with Gasteiger partial charge in [-0.2, -0.15) is 0 Å². The number of phenolic OH excluding ortho intramolecular Hbond substituents is 1. The molecule has 21 heteroatoms. The first-order valence-corrected chi connectivity index (χ1v) is 23.5. The first-order chi connectivity index (χ1) is 33.4. The highest BCUT2D eigenvalue weighted by Gasteiger charge is 2.52. The van der Waals surface area contributed by atoms with Crippen LogP contribution < -0.4 is 46.9 Å². The fraction of sp³-hybridized carbons (Fsp3) is 0.458. The normalized spacial score (nSPS) is 19.9. The van der Waals surface area contributed by atoms with Gasteiger partial charge in [0.1, 0.15) is 30.4 Å². The van der Waals surface area contributed by atoms with Crippen LogP contribution in [0, 0.1) is 5.41 Å². The lowest BCUT2D eigenvalue weighted by atomic mass is 9.68. The molecule has 21 nitrogen and oxygen atoms in total. The molecule has 2 bridgehead atoms. The number of amides is 5.